The lowest BCUT2D eigenvalue weighted by Crippen LogP contribution is -2.30. The largest absolute Gasteiger partial charge is 0.361 e. The Morgan fingerprint density at radius 3 is 3.18 bits per heavy atom. The van der Waals surface area contributed by atoms with E-state index in [1.807, 2.05) is 24.4 Å². The van der Waals surface area contributed by atoms with Gasteiger partial charge in [0.2, 0.25) is 0 Å². The molecule has 4 nitrogen and oxygen atoms in total. The van der Waals surface area contributed by atoms with Crippen LogP contribution >= 0.6 is 23.8 Å². The number of nitrogens with zero attached hydrogens (tertiary/aromatic N) is 2. The predicted molar refractivity (Wildman–Crippen MR) is 90.5 cm³/mol. The number of H-pyrrole nitrogens is 2. The summed E-state index contributed by atoms with van der Waals surface area (Å²) in [5.74, 6) is 0. The zero-order chi connectivity index (χ0) is 15.1. The first kappa shape index (κ1) is 13.9. The van der Waals surface area contributed by atoms with Crippen molar-refractivity contribution in [3.05, 3.63) is 57.2 Å². The third-order valence-corrected chi connectivity index (χ3v) is 4.63. The highest BCUT2D eigenvalue weighted by Gasteiger charge is 2.18. The molecule has 0 spiro atoms. The summed E-state index contributed by atoms with van der Waals surface area (Å²) in [6.07, 6.45) is 4.97. The third kappa shape index (κ3) is 2.56. The van der Waals surface area contributed by atoms with E-state index in [9.17, 15) is 0 Å². The van der Waals surface area contributed by atoms with E-state index in [1.165, 1.54) is 22.2 Å². The molecule has 0 unspecified atom stereocenters. The number of nitrogens with one attached hydrogen (secondary N) is 2. The van der Waals surface area contributed by atoms with E-state index in [-0.39, 0.29) is 0 Å². The number of fused-ring (bicyclic) bond motifs is 2. The fourth-order valence-electron chi connectivity index (χ4n) is 3.05. The van der Waals surface area contributed by atoms with Crippen LogP contribution in [-0.2, 0) is 19.5 Å². The molecule has 0 atom stereocenters. The van der Waals surface area contributed by atoms with Crippen molar-refractivity contribution in [2.75, 3.05) is 6.54 Å². The van der Waals surface area contributed by atoms with Gasteiger partial charge in [-0.1, -0.05) is 11.6 Å². The summed E-state index contributed by atoms with van der Waals surface area (Å²) in [7, 11) is 0. The monoisotopic (exact) mass is 330 g/mol. The van der Waals surface area contributed by atoms with Gasteiger partial charge in [-0.15, -0.1) is 0 Å². The van der Waals surface area contributed by atoms with E-state index in [1.54, 1.807) is 0 Å². The Labute approximate surface area is 138 Å². The van der Waals surface area contributed by atoms with E-state index >= 15 is 0 Å². The average Bonchev–Trinajstić information content (AvgIpc) is 2.89. The van der Waals surface area contributed by atoms with Gasteiger partial charge in [0.05, 0.1) is 0 Å². The van der Waals surface area contributed by atoms with Crippen LogP contribution in [0.4, 0.5) is 0 Å². The molecule has 0 bridgehead atoms. The Hall–Kier alpha value is -1.69. The summed E-state index contributed by atoms with van der Waals surface area (Å²) in [4.78, 5) is 13.1. The first-order valence-electron chi connectivity index (χ1n) is 7.24. The normalized spacial score (nSPS) is 15.1. The zero-order valence-corrected chi connectivity index (χ0v) is 13.5. The predicted octanol–water partition coefficient (Wildman–Crippen LogP) is 3.83. The standard InChI is InChI=1S/C16H15ClN4S/c17-12-1-2-14-13(5-12)11(7-18-14)8-21-4-3-10-6-19-16(22)20-15(10)9-21/h1-2,5-7,18H,3-4,8-9H2,(H,19,20,22). The smallest absolute Gasteiger partial charge is 0.196 e. The third-order valence-electron chi connectivity index (χ3n) is 4.19. The molecular formula is C16H15ClN4S. The number of benzene rings is 1. The molecule has 0 fully saturated rings. The van der Waals surface area contributed by atoms with Gasteiger partial charge in [0.15, 0.2) is 4.77 Å². The minimum absolute atomic E-state index is 0.555. The summed E-state index contributed by atoms with van der Waals surface area (Å²) >= 11 is 11.2. The molecule has 0 radical (unpaired) electrons. The first-order chi connectivity index (χ1) is 10.7. The van der Waals surface area contributed by atoms with Crippen LogP contribution in [0.25, 0.3) is 10.9 Å². The summed E-state index contributed by atoms with van der Waals surface area (Å²) in [6.45, 7) is 2.78. The molecule has 2 N–H and O–H groups in total. The lowest BCUT2D eigenvalue weighted by molar-refractivity contribution is 0.242. The molecule has 1 aliphatic heterocycles. The van der Waals surface area contributed by atoms with Crippen LogP contribution in [0.5, 0.6) is 0 Å². The summed E-state index contributed by atoms with van der Waals surface area (Å²) < 4.78 is 0.555. The van der Waals surface area contributed by atoms with Gasteiger partial charge in [-0.3, -0.25) is 4.90 Å². The van der Waals surface area contributed by atoms with Crippen molar-refractivity contribution in [1.29, 1.82) is 0 Å². The molecule has 3 aromatic rings. The van der Waals surface area contributed by atoms with E-state index < -0.39 is 0 Å². The van der Waals surface area contributed by atoms with Gasteiger partial charge in [0, 0.05) is 53.6 Å². The fraction of sp³-hybridized carbons (Fsp3) is 0.250. The van der Waals surface area contributed by atoms with Crippen molar-refractivity contribution in [3.63, 3.8) is 0 Å². The second kappa shape index (κ2) is 5.50. The van der Waals surface area contributed by atoms with Gasteiger partial charge in [0.25, 0.3) is 0 Å². The summed E-state index contributed by atoms with van der Waals surface area (Å²) in [5.41, 5.74) is 4.85. The van der Waals surface area contributed by atoms with Crippen LogP contribution in [-0.4, -0.2) is 26.4 Å². The second-order valence-corrected chi connectivity index (χ2v) is 6.48. The zero-order valence-electron chi connectivity index (χ0n) is 11.9. The molecule has 2 aromatic heterocycles. The van der Waals surface area contributed by atoms with Crippen LogP contribution in [0.3, 0.4) is 0 Å². The van der Waals surface area contributed by atoms with Crippen LogP contribution in [0.1, 0.15) is 16.8 Å². The number of hydrogen-bond donors (Lipinski definition) is 2. The van der Waals surface area contributed by atoms with Crippen LogP contribution < -0.4 is 0 Å². The SMILES string of the molecule is S=c1ncc2c([nH]1)CN(Cc1c[nH]c3ccc(Cl)cc13)CC2. The molecule has 0 aliphatic carbocycles. The highest BCUT2D eigenvalue weighted by Crippen LogP contribution is 2.25. The molecule has 22 heavy (non-hydrogen) atoms. The summed E-state index contributed by atoms with van der Waals surface area (Å²) in [5, 5.41) is 1.97. The number of hydrogen-bond acceptors (Lipinski definition) is 3. The maximum atomic E-state index is 6.12. The average molecular weight is 331 g/mol. The topological polar surface area (TPSA) is 47.7 Å². The van der Waals surface area contributed by atoms with E-state index in [4.69, 9.17) is 23.8 Å². The van der Waals surface area contributed by atoms with Crippen LogP contribution in [0, 0.1) is 4.77 Å². The highest BCUT2D eigenvalue weighted by atomic mass is 35.5. The van der Waals surface area contributed by atoms with Crippen LogP contribution in [0.15, 0.2) is 30.6 Å². The molecule has 1 aliphatic rings. The summed E-state index contributed by atoms with van der Waals surface area (Å²) in [6, 6.07) is 5.96. The van der Waals surface area contributed by atoms with Gasteiger partial charge in [0.1, 0.15) is 0 Å². The number of halogens is 1. The van der Waals surface area contributed by atoms with Crippen molar-refractivity contribution >= 4 is 34.7 Å². The van der Waals surface area contributed by atoms with Crippen molar-refractivity contribution in [1.82, 2.24) is 19.9 Å². The van der Waals surface area contributed by atoms with Crippen LogP contribution in [0.2, 0.25) is 5.02 Å². The maximum Gasteiger partial charge on any atom is 0.196 e. The van der Waals surface area contributed by atoms with E-state index in [0.29, 0.717) is 4.77 Å². The van der Waals surface area contributed by atoms with Gasteiger partial charge in [-0.2, -0.15) is 0 Å². The highest BCUT2D eigenvalue weighted by molar-refractivity contribution is 7.71. The lowest BCUT2D eigenvalue weighted by atomic mass is 10.1. The second-order valence-electron chi connectivity index (χ2n) is 5.66. The Balaban J connectivity index is 1.61. The molecule has 3 heterocycles. The Morgan fingerprint density at radius 1 is 1.36 bits per heavy atom. The molecule has 6 heteroatoms. The van der Waals surface area contributed by atoms with Gasteiger partial charge in [-0.25, -0.2) is 4.98 Å². The molecule has 0 saturated carbocycles. The van der Waals surface area contributed by atoms with Crippen molar-refractivity contribution in [2.24, 2.45) is 0 Å². The number of aromatic amines is 2. The number of aromatic nitrogens is 3. The van der Waals surface area contributed by atoms with Crippen molar-refractivity contribution in [2.45, 2.75) is 19.5 Å². The molecule has 1 aromatic carbocycles. The maximum absolute atomic E-state index is 6.12. The molecule has 0 saturated heterocycles. The minimum atomic E-state index is 0.555. The quantitative estimate of drug-likeness (QED) is 0.702. The van der Waals surface area contributed by atoms with E-state index in [0.717, 1.165) is 36.6 Å². The van der Waals surface area contributed by atoms with Crippen molar-refractivity contribution in [3.8, 4) is 0 Å². The fourth-order valence-corrected chi connectivity index (χ4v) is 3.40. The van der Waals surface area contributed by atoms with Gasteiger partial charge < -0.3 is 9.97 Å². The first-order valence-corrected chi connectivity index (χ1v) is 8.02. The minimum Gasteiger partial charge on any atom is -0.361 e. The molecule has 0 amide bonds. The lowest BCUT2D eigenvalue weighted by Gasteiger charge is -2.27. The Morgan fingerprint density at radius 2 is 2.27 bits per heavy atom. The van der Waals surface area contributed by atoms with Crippen molar-refractivity contribution < 1.29 is 0 Å². The van der Waals surface area contributed by atoms with Gasteiger partial charge >= 0.3 is 0 Å². The van der Waals surface area contributed by atoms with Gasteiger partial charge in [-0.05, 0) is 48.0 Å². The molecular weight excluding hydrogens is 316 g/mol. The Kier molecular flexibility index (Phi) is 3.48. The Bertz CT molecular complexity index is 899. The molecule has 112 valence electrons. The molecule has 4 rings (SSSR count). The number of rotatable bonds is 2. The van der Waals surface area contributed by atoms with E-state index in [2.05, 4.69) is 26.0 Å².